The van der Waals surface area contributed by atoms with Gasteiger partial charge in [-0.1, -0.05) is 0 Å². The maximum Gasteiger partial charge on any atom is 0.379 e. The third-order valence-corrected chi connectivity index (χ3v) is 2.67. The first kappa shape index (κ1) is 13.1. The number of H-pyrrole nitrogens is 1. The van der Waals surface area contributed by atoms with Crippen molar-refractivity contribution < 1.29 is 19.1 Å². The van der Waals surface area contributed by atoms with Gasteiger partial charge in [0.1, 0.15) is 5.75 Å². The molecule has 100 valence electrons. The molecule has 0 bridgehead atoms. The van der Waals surface area contributed by atoms with Crippen LogP contribution < -0.4 is 4.74 Å². The lowest BCUT2D eigenvalue weighted by Crippen LogP contribution is -2.17. The zero-order valence-corrected chi connectivity index (χ0v) is 10.9. The van der Waals surface area contributed by atoms with Crippen molar-refractivity contribution in [3.63, 3.8) is 0 Å². The molecule has 0 atom stereocenters. The molecule has 1 N–H and O–H groups in total. The van der Waals surface area contributed by atoms with E-state index in [0.29, 0.717) is 23.3 Å². The van der Waals surface area contributed by atoms with E-state index in [1.54, 1.807) is 19.1 Å². The number of nitrogens with one attached hydrogen (secondary N) is 1. The second kappa shape index (κ2) is 5.56. The number of hydrogen-bond acceptors (Lipinski definition) is 4. The van der Waals surface area contributed by atoms with Crippen molar-refractivity contribution >= 4 is 22.7 Å². The van der Waals surface area contributed by atoms with Crippen LogP contribution in [0, 0.1) is 0 Å². The third-order valence-electron chi connectivity index (χ3n) is 2.67. The second-order valence-electron chi connectivity index (χ2n) is 3.89. The zero-order chi connectivity index (χ0) is 13.8. The Morgan fingerprint density at radius 2 is 2.00 bits per heavy atom. The Hall–Kier alpha value is -2.30. The van der Waals surface area contributed by atoms with Gasteiger partial charge in [-0.25, -0.2) is 4.79 Å². The van der Waals surface area contributed by atoms with E-state index in [1.807, 2.05) is 13.0 Å². The summed E-state index contributed by atoms with van der Waals surface area (Å²) in [5.41, 5.74) is 1.08. The van der Waals surface area contributed by atoms with Crippen molar-refractivity contribution in [1.82, 2.24) is 4.98 Å². The first-order chi connectivity index (χ1) is 9.17. The monoisotopic (exact) mass is 261 g/mol. The van der Waals surface area contributed by atoms with Crippen LogP contribution in [0.4, 0.5) is 0 Å². The summed E-state index contributed by atoms with van der Waals surface area (Å²) in [4.78, 5) is 26.4. The Kier molecular flexibility index (Phi) is 3.85. The fourth-order valence-corrected chi connectivity index (χ4v) is 1.85. The van der Waals surface area contributed by atoms with Crippen LogP contribution in [0.2, 0.25) is 0 Å². The normalized spacial score (nSPS) is 10.4. The van der Waals surface area contributed by atoms with Gasteiger partial charge in [0.05, 0.1) is 18.8 Å². The lowest BCUT2D eigenvalue weighted by Gasteiger charge is -2.03. The Morgan fingerprint density at radius 3 is 2.68 bits per heavy atom. The molecule has 0 unspecified atom stereocenters. The van der Waals surface area contributed by atoms with Crippen molar-refractivity contribution in [2.45, 2.75) is 13.8 Å². The topological polar surface area (TPSA) is 68.4 Å². The van der Waals surface area contributed by atoms with Gasteiger partial charge in [0.15, 0.2) is 0 Å². The Labute approximate surface area is 110 Å². The number of aromatic nitrogens is 1. The number of carbonyl (C=O) groups is 2. The van der Waals surface area contributed by atoms with Gasteiger partial charge in [0.2, 0.25) is 0 Å². The highest BCUT2D eigenvalue weighted by molar-refractivity contribution is 6.43. The third kappa shape index (κ3) is 2.59. The van der Waals surface area contributed by atoms with Gasteiger partial charge in [-0.3, -0.25) is 4.79 Å². The first-order valence-corrected chi connectivity index (χ1v) is 6.12. The Balaban J connectivity index is 2.40. The number of aromatic amines is 1. The summed E-state index contributed by atoms with van der Waals surface area (Å²) in [7, 11) is 0. The summed E-state index contributed by atoms with van der Waals surface area (Å²) in [5.74, 6) is -0.834. The number of fused-ring (bicyclic) bond motifs is 1. The van der Waals surface area contributed by atoms with Crippen LogP contribution >= 0.6 is 0 Å². The van der Waals surface area contributed by atoms with Gasteiger partial charge in [-0.2, -0.15) is 0 Å². The number of rotatable bonds is 5. The van der Waals surface area contributed by atoms with E-state index in [-0.39, 0.29) is 6.61 Å². The highest BCUT2D eigenvalue weighted by atomic mass is 16.5. The van der Waals surface area contributed by atoms with Gasteiger partial charge in [0, 0.05) is 17.1 Å². The van der Waals surface area contributed by atoms with Crippen molar-refractivity contribution in [3.05, 3.63) is 30.0 Å². The number of ketones is 1. The standard InChI is InChI=1S/C14H15NO4/c1-3-18-9-5-6-12-10(7-9)11(8-15-12)13(16)14(17)19-4-2/h5-8,15H,3-4H2,1-2H3. The summed E-state index contributed by atoms with van der Waals surface area (Å²) >= 11 is 0. The molecule has 19 heavy (non-hydrogen) atoms. The molecular formula is C14H15NO4. The summed E-state index contributed by atoms with van der Waals surface area (Å²) in [6, 6.07) is 5.35. The van der Waals surface area contributed by atoms with Crippen molar-refractivity contribution in [2.24, 2.45) is 0 Å². The van der Waals surface area contributed by atoms with Crippen LogP contribution in [0.15, 0.2) is 24.4 Å². The van der Waals surface area contributed by atoms with Gasteiger partial charge >= 0.3 is 5.97 Å². The molecule has 5 nitrogen and oxygen atoms in total. The summed E-state index contributed by atoms with van der Waals surface area (Å²) in [6.07, 6.45) is 1.51. The SMILES string of the molecule is CCOC(=O)C(=O)c1c[nH]c2ccc(OCC)cc12. The average Bonchev–Trinajstić information content (AvgIpc) is 2.81. The van der Waals surface area contributed by atoms with Crippen molar-refractivity contribution in [2.75, 3.05) is 13.2 Å². The van der Waals surface area contributed by atoms with E-state index >= 15 is 0 Å². The van der Waals surface area contributed by atoms with E-state index in [9.17, 15) is 9.59 Å². The number of benzene rings is 1. The lowest BCUT2D eigenvalue weighted by molar-refractivity contribution is -0.137. The van der Waals surface area contributed by atoms with Crippen molar-refractivity contribution in [1.29, 1.82) is 0 Å². The maximum atomic E-state index is 11.9. The molecule has 0 spiro atoms. The molecule has 1 aromatic carbocycles. The maximum absolute atomic E-state index is 11.9. The molecule has 0 aliphatic carbocycles. The largest absolute Gasteiger partial charge is 0.494 e. The zero-order valence-electron chi connectivity index (χ0n) is 10.9. The van der Waals surface area contributed by atoms with Crippen LogP contribution in [0.1, 0.15) is 24.2 Å². The molecule has 1 aromatic heterocycles. The minimum absolute atomic E-state index is 0.178. The molecule has 0 saturated heterocycles. The molecule has 2 rings (SSSR count). The van der Waals surface area contributed by atoms with Gasteiger partial charge in [0.25, 0.3) is 5.78 Å². The number of carbonyl (C=O) groups excluding carboxylic acids is 2. The molecule has 5 heteroatoms. The van der Waals surface area contributed by atoms with Crippen LogP contribution in [0.3, 0.4) is 0 Å². The number of esters is 1. The van der Waals surface area contributed by atoms with E-state index < -0.39 is 11.8 Å². The molecular weight excluding hydrogens is 246 g/mol. The Morgan fingerprint density at radius 1 is 1.21 bits per heavy atom. The first-order valence-electron chi connectivity index (χ1n) is 6.12. The molecule has 0 saturated carbocycles. The minimum atomic E-state index is -0.842. The lowest BCUT2D eigenvalue weighted by atomic mass is 10.1. The van der Waals surface area contributed by atoms with E-state index in [2.05, 4.69) is 4.98 Å². The fraction of sp³-hybridized carbons (Fsp3) is 0.286. The van der Waals surface area contributed by atoms with Crippen LogP contribution in [0.25, 0.3) is 10.9 Å². The minimum Gasteiger partial charge on any atom is -0.494 e. The van der Waals surface area contributed by atoms with E-state index in [1.165, 1.54) is 6.20 Å². The molecule has 0 fully saturated rings. The molecule has 1 heterocycles. The van der Waals surface area contributed by atoms with Gasteiger partial charge in [-0.15, -0.1) is 0 Å². The molecule has 2 aromatic rings. The number of hydrogen-bond donors (Lipinski definition) is 1. The predicted molar refractivity (Wildman–Crippen MR) is 70.4 cm³/mol. The molecule has 0 amide bonds. The van der Waals surface area contributed by atoms with E-state index in [0.717, 1.165) is 5.52 Å². The van der Waals surface area contributed by atoms with Crippen LogP contribution in [0.5, 0.6) is 5.75 Å². The summed E-state index contributed by atoms with van der Waals surface area (Å²) < 4.78 is 10.1. The molecule has 0 aliphatic rings. The second-order valence-corrected chi connectivity index (χ2v) is 3.89. The molecule has 0 aliphatic heterocycles. The Bertz CT molecular complexity index is 615. The number of Topliss-reactive ketones (excluding diaryl/α,β-unsaturated/α-hetero) is 1. The predicted octanol–water partition coefficient (Wildman–Crippen LogP) is 2.31. The fourth-order valence-electron chi connectivity index (χ4n) is 1.85. The molecule has 0 radical (unpaired) electrons. The van der Waals surface area contributed by atoms with Crippen LogP contribution in [-0.2, 0) is 9.53 Å². The van der Waals surface area contributed by atoms with Gasteiger partial charge in [-0.05, 0) is 32.0 Å². The smallest absolute Gasteiger partial charge is 0.379 e. The summed E-state index contributed by atoms with van der Waals surface area (Å²) in [6.45, 7) is 4.26. The quantitative estimate of drug-likeness (QED) is 0.509. The van der Waals surface area contributed by atoms with Crippen molar-refractivity contribution in [3.8, 4) is 5.75 Å². The highest BCUT2D eigenvalue weighted by Gasteiger charge is 2.21. The number of ether oxygens (including phenoxy) is 2. The average molecular weight is 261 g/mol. The van der Waals surface area contributed by atoms with Crippen LogP contribution in [-0.4, -0.2) is 30.0 Å². The summed E-state index contributed by atoms with van der Waals surface area (Å²) in [5, 5.41) is 0.656. The van der Waals surface area contributed by atoms with E-state index in [4.69, 9.17) is 9.47 Å². The highest BCUT2D eigenvalue weighted by Crippen LogP contribution is 2.24. The van der Waals surface area contributed by atoms with Gasteiger partial charge < -0.3 is 14.5 Å².